The molecule has 0 saturated carbocycles. The highest BCUT2D eigenvalue weighted by Gasteiger charge is 2.18. The number of likely N-dealkylation sites (N-methyl/N-ethyl adjacent to an activating group) is 1. The molecular formula is C16H23BrN2O2. The summed E-state index contributed by atoms with van der Waals surface area (Å²) >= 11 is 3.33. The van der Waals surface area contributed by atoms with Crippen LogP contribution in [-0.2, 0) is 4.79 Å². The lowest BCUT2D eigenvalue weighted by Crippen LogP contribution is -2.42. The van der Waals surface area contributed by atoms with Crippen LogP contribution in [0.15, 0.2) is 28.7 Å². The number of benzene rings is 1. The van der Waals surface area contributed by atoms with Crippen LogP contribution in [0.3, 0.4) is 0 Å². The van der Waals surface area contributed by atoms with Gasteiger partial charge >= 0.3 is 0 Å². The smallest absolute Gasteiger partial charge is 0.252 e. The molecule has 1 atom stereocenters. The number of amides is 2. The molecule has 0 radical (unpaired) electrons. The second-order valence-corrected chi connectivity index (χ2v) is 6.50. The Kier molecular flexibility index (Phi) is 6.89. The molecule has 1 N–H and O–H groups in total. The number of carbonyl (C=O) groups excluding carboxylic acids is 2. The van der Waals surface area contributed by atoms with Crippen LogP contribution in [0.2, 0.25) is 0 Å². The largest absolute Gasteiger partial charge is 0.343 e. The topological polar surface area (TPSA) is 49.4 Å². The summed E-state index contributed by atoms with van der Waals surface area (Å²) in [6.07, 6.45) is 0.945. The number of nitrogens with one attached hydrogen (secondary N) is 1. The Labute approximate surface area is 135 Å². The van der Waals surface area contributed by atoms with E-state index in [4.69, 9.17) is 0 Å². The summed E-state index contributed by atoms with van der Waals surface area (Å²) in [6.45, 7) is 6.29. The minimum Gasteiger partial charge on any atom is -0.343 e. The first-order chi connectivity index (χ1) is 9.82. The Morgan fingerprint density at radius 2 is 1.86 bits per heavy atom. The van der Waals surface area contributed by atoms with Crippen LogP contribution < -0.4 is 5.32 Å². The fraction of sp³-hybridized carbons (Fsp3) is 0.500. The average molecular weight is 355 g/mol. The molecule has 0 saturated heterocycles. The van der Waals surface area contributed by atoms with Gasteiger partial charge in [0.25, 0.3) is 5.91 Å². The monoisotopic (exact) mass is 354 g/mol. The molecule has 0 aliphatic heterocycles. The van der Waals surface area contributed by atoms with Crippen LogP contribution in [-0.4, -0.2) is 36.3 Å². The van der Waals surface area contributed by atoms with E-state index in [1.54, 1.807) is 30.1 Å². The van der Waals surface area contributed by atoms with Crippen LogP contribution in [0.4, 0.5) is 0 Å². The van der Waals surface area contributed by atoms with Gasteiger partial charge in [-0.2, -0.15) is 0 Å². The number of carbonyl (C=O) groups is 2. The van der Waals surface area contributed by atoms with Crippen LogP contribution in [0.5, 0.6) is 0 Å². The number of halogens is 1. The summed E-state index contributed by atoms with van der Waals surface area (Å²) in [5.41, 5.74) is 0.531. The Hall–Kier alpha value is -1.36. The molecule has 1 rings (SSSR count). The van der Waals surface area contributed by atoms with Crippen molar-refractivity contribution in [3.8, 4) is 0 Å². The Bertz CT molecular complexity index is 503. The molecule has 2 amide bonds. The zero-order chi connectivity index (χ0) is 16.0. The van der Waals surface area contributed by atoms with Crippen molar-refractivity contribution in [3.05, 3.63) is 34.3 Å². The molecule has 5 heteroatoms. The van der Waals surface area contributed by atoms with Gasteiger partial charge in [0.05, 0.1) is 12.1 Å². The second-order valence-electron chi connectivity index (χ2n) is 5.65. The van der Waals surface area contributed by atoms with E-state index in [9.17, 15) is 9.59 Å². The molecule has 0 aliphatic rings. The highest BCUT2D eigenvalue weighted by Crippen LogP contribution is 2.15. The van der Waals surface area contributed by atoms with E-state index in [2.05, 4.69) is 35.1 Å². The van der Waals surface area contributed by atoms with Crippen LogP contribution in [0, 0.1) is 5.92 Å². The van der Waals surface area contributed by atoms with Gasteiger partial charge < -0.3 is 10.2 Å². The number of rotatable bonds is 6. The fourth-order valence-electron chi connectivity index (χ4n) is 2.11. The number of hydrogen-bond acceptors (Lipinski definition) is 2. The number of nitrogens with zero attached hydrogens (tertiary/aromatic N) is 1. The summed E-state index contributed by atoms with van der Waals surface area (Å²) < 4.78 is 0.719. The van der Waals surface area contributed by atoms with Gasteiger partial charge in [0.2, 0.25) is 5.91 Å². The van der Waals surface area contributed by atoms with Gasteiger partial charge in [-0.15, -0.1) is 0 Å². The van der Waals surface area contributed by atoms with Gasteiger partial charge in [0.15, 0.2) is 0 Å². The molecule has 0 unspecified atom stereocenters. The molecule has 116 valence electrons. The van der Waals surface area contributed by atoms with Crippen molar-refractivity contribution >= 4 is 27.7 Å². The zero-order valence-corrected chi connectivity index (χ0v) is 14.6. The quantitative estimate of drug-likeness (QED) is 0.853. The Morgan fingerprint density at radius 3 is 2.43 bits per heavy atom. The van der Waals surface area contributed by atoms with Gasteiger partial charge in [-0.1, -0.05) is 26.0 Å². The molecule has 0 fully saturated rings. The normalized spacial score (nSPS) is 12.1. The van der Waals surface area contributed by atoms with Gasteiger partial charge in [-0.3, -0.25) is 9.59 Å². The van der Waals surface area contributed by atoms with Gasteiger partial charge in [0.1, 0.15) is 0 Å². The third kappa shape index (κ3) is 5.50. The average Bonchev–Trinajstić information content (AvgIpc) is 2.43. The molecule has 4 nitrogen and oxygen atoms in total. The lowest BCUT2D eigenvalue weighted by molar-refractivity contribution is -0.130. The zero-order valence-electron chi connectivity index (χ0n) is 13.0. The first-order valence-corrected chi connectivity index (χ1v) is 7.90. The van der Waals surface area contributed by atoms with Crippen LogP contribution in [0.1, 0.15) is 37.6 Å². The molecule has 0 spiro atoms. The van der Waals surface area contributed by atoms with E-state index in [0.29, 0.717) is 11.5 Å². The van der Waals surface area contributed by atoms with Crippen molar-refractivity contribution in [1.29, 1.82) is 0 Å². The maximum atomic E-state index is 12.1. The maximum Gasteiger partial charge on any atom is 0.252 e. The Balaban J connectivity index is 2.53. The predicted molar refractivity (Wildman–Crippen MR) is 88.2 cm³/mol. The molecular weight excluding hydrogens is 332 g/mol. The summed E-state index contributed by atoms with van der Waals surface area (Å²) in [4.78, 5) is 25.8. The summed E-state index contributed by atoms with van der Waals surface area (Å²) in [5, 5.41) is 2.67. The van der Waals surface area contributed by atoms with Crippen molar-refractivity contribution in [2.75, 3.05) is 13.6 Å². The van der Waals surface area contributed by atoms with Crippen LogP contribution >= 0.6 is 15.9 Å². The van der Waals surface area contributed by atoms with Crippen LogP contribution in [0.25, 0.3) is 0 Å². The molecule has 21 heavy (non-hydrogen) atoms. The van der Waals surface area contributed by atoms with Gasteiger partial charge in [-0.25, -0.2) is 0 Å². The summed E-state index contributed by atoms with van der Waals surface area (Å²) in [6, 6.07) is 7.31. The molecule has 0 aromatic heterocycles. The van der Waals surface area contributed by atoms with Crippen molar-refractivity contribution in [3.63, 3.8) is 0 Å². The predicted octanol–water partition coefficient (Wildman–Crippen LogP) is 3.07. The third-order valence-electron chi connectivity index (χ3n) is 3.39. The van der Waals surface area contributed by atoms with E-state index in [1.165, 1.54) is 0 Å². The third-order valence-corrected chi connectivity index (χ3v) is 4.08. The summed E-state index contributed by atoms with van der Waals surface area (Å²) in [5.74, 6) is 0.203. The molecule has 0 bridgehead atoms. The van der Waals surface area contributed by atoms with E-state index in [1.807, 2.05) is 13.0 Å². The maximum absolute atomic E-state index is 12.1. The van der Waals surface area contributed by atoms with Crippen molar-refractivity contribution in [2.45, 2.75) is 33.2 Å². The van der Waals surface area contributed by atoms with E-state index < -0.39 is 0 Å². The van der Waals surface area contributed by atoms with E-state index in [-0.39, 0.29) is 24.4 Å². The first kappa shape index (κ1) is 17.7. The highest BCUT2D eigenvalue weighted by atomic mass is 79.9. The highest BCUT2D eigenvalue weighted by molar-refractivity contribution is 9.10. The molecule has 0 heterocycles. The lowest BCUT2D eigenvalue weighted by atomic mass is 10.0. The number of hydrogen-bond donors (Lipinski definition) is 1. The van der Waals surface area contributed by atoms with Crippen molar-refractivity contribution in [2.24, 2.45) is 5.92 Å². The minimum absolute atomic E-state index is 0.0130. The van der Waals surface area contributed by atoms with Gasteiger partial charge in [0, 0.05) is 17.6 Å². The molecule has 1 aromatic carbocycles. The standard InChI is InChI=1S/C16H23BrN2O2/c1-11(2)9-12(3)19(4)15(20)10-18-16(21)13-7-5-6-8-14(13)17/h5-8,11-12H,9-10H2,1-4H3,(H,18,21)/t12-/m0/s1. The fourth-order valence-corrected chi connectivity index (χ4v) is 2.57. The first-order valence-electron chi connectivity index (χ1n) is 7.11. The van der Waals surface area contributed by atoms with E-state index >= 15 is 0 Å². The van der Waals surface area contributed by atoms with Crippen molar-refractivity contribution < 1.29 is 9.59 Å². The lowest BCUT2D eigenvalue weighted by Gasteiger charge is -2.26. The molecule has 0 aliphatic carbocycles. The van der Waals surface area contributed by atoms with E-state index in [0.717, 1.165) is 10.9 Å². The minimum atomic E-state index is -0.249. The second kappa shape index (κ2) is 8.17. The Morgan fingerprint density at radius 1 is 1.24 bits per heavy atom. The molecule has 1 aromatic rings. The summed E-state index contributed by atoms with van der Waals surface area (Å²) in [7, 11) is 1.78. The van der Waals surface area contributed by atoms with Gasteiger partial charge in [-0.05, 0) is 47.3 Å². The SMILES string of the molecule is CC(C)C[C@H](C)N(C)C(=O)CNC(=O)c1ccccc1Br. The van der Waals surface area contributed by atoms with Crippen molar-refractivity contribution in [1.82, 2.24) is 10.2 Å².